The van der Waals surface area contributed by atoms with Crippen LogP contribution in [0.1, 0.15) is 16.7 Å². The summed E-state index contributed by atoms with van der Waals surface area (Å²) in [6, 6.07) is 21.7. The van der Waals surface area contributed by atoms with E-state index in [0.29, 0.717) is 12.4 Å². The van der Waals surface area contributed by atoms with Crippen LogP contribution in [0.5, 0.6) is 5.75 Å². The van der Waals surface area contributed by atoms with Crippen molar-refractivity contribution in [1.82, 2.24) is 0 Å². The van der Waals surface area contributed by atoms with Crippen molar-refractivity contribution in [2.45, 2.75) is 6.61 Å². The van der Waals surface area contributed by atoms with Gasteiger partial charge in [0.05, 0.1) is 16.1 Å². The maximum absolute atomic E-state index is 13.9. The van der Waals surface area contributed by atoms with Crippen LogP contribution in [-0.2, 0) is 6.61 Å². The van der Waals surface area contributed by atoms with Gasteiger partial charge in [0.25, 0.3) is 0 Å². The maximum atomic E-state index is 13.9. The Morgan fingerprint density at radius 1 is 1.04 bits per heavy atom. The summed E-state index contributed by atoms with van der Waals surface area (Å²) in [6.45, 7) is 0.444. The van der Waals surface area contributed by atoms with E-state index >= 15 is 0 Å². The predicted molar refractivity (Wildman–Crippen MR) is 113 cm³/mol. The van der Waals surface area contributed by atoms with Crippen molar-refractivity contribution in [3.8, 4) is 11.8 Å². The lowest BCUT2D eigenvalue weighted by Gasteiger charge is -2.09. The minimum absolute atomic E-state index is 0.267. The Labute approximate surface area is 174 Å². The summed E-state index contributed by atoms with van der Waals surface area (Å²) in [6.07, 6.45) is 1.65. The van der Waals surface area contributed by atoms with Gasteiger partial charge in [0.1, 0.15) is 18.2 Å². The topological polar surface area (TPSA) is 33.0 Å². The van der Waals surface area contributed by atoms with Crippen LogP contribution in [0, 0.1) is 17.1 Å². The molecule has 0 N–H and O–H groups in total. The number of ether oxygens (including phenoxy) is 1. The number of hydrogen-bond donors (Lipinski definition) is 0. The Kier molecular flexibility index (Phi) is 6.44. The van der Waals surface area contributed by atoms with Crippen LogP contribution < -0.4 is 4.74 Å². The summed E-state index contributed by atoms with van der Waals surface area (Å²) in [7, 11) is 0. The van der Waals surface area contributed by atoms with E-state index in [4.69, 9.17) is 4.74 Å². The van der Waals surface area contributed by atoms with E-state index in [0.717, 1.165) is 20.1 Å². The molecule has 0 fully saturated rings. The third-order valence-electron chi connectivity index (χ3n) is 3.86. The first-order valence-corrected chi connectivity index (χ1v) is 9.69. The summed E-state index contributed by atoms with van der Waals surface area (Å²) in [5, 5.41) is 9.39. The first-order chi connectivity index (χ1) is 13.1. The quantitative estimate of drug-likeness (QED) is 0.287. The molecule has 0 spiro atoms. The van der Waals surface area contributed by atoms with Gasteiger partial charge in [-0.3, -0.25) is 0 Å². The van der Waals surface area contributed by atoms with Crippen molar-refractivity contribution < 1.29 is 9.13 Å². The molecule has 3 aromatic rings. The second-order valence-corrected chi connectivity index (χ2v) is 7.52. The molecule has 5 heteroatoms. The molecular weight excluding hydrogens is 473 g/mol. The van der Waals surface area contributed by atoms with E-state index in [1.165, 1.54) is 6.07 Å². The average Bonchev–Trinajstić information content (AvgIpc) is 2.67. The lowest BCUT2D eigenvalue weighted by atomic mass is 10.0. The zero-order valence-electron chi connectivity index (χ0n) is 14.1. The Balaban J connectivity index is 1.78. The fourth-order valence-electron chi connectivity index (χ4n) is 2.48. The third kappa shape index (κ3) is 5.06. The van der Waals surface area contributed by atoms with E-state index in [1.807, 2.05) is 42.5 Å². The van der Waals surface area contributed by atoms with Crippen molar-refractivity contribution in [3.63, 3.8) is 0 Å². The fraction of sp³-hybridized carbons (Fsp3) is 0.0455. The summed E-state index contributed by atoms with van der Waals surface area (Å²) < 4.78 is 21.6. The zero-order chi connectivity index (χ0) is 19.2. The second kappa shape index (κ2) is 8.98. The number of halogens is 3. The van der Waals surface area contributed by atoms with Crippen molar-refractivity contribution >= 4 is 43.5 Å². The van der Waals surface area contributed by atoms with Gasteiger partial charge in [-0.1, -0.05) is 52.3 Å². The van der Waals surface area contributed by atoms with Gasteiger partial charge in [0, 0.05) is 10.0 Å². The SMILES string of the molecule is N#CC(=Cc1ccc(OCc2ccc(Br)cc2)c(Br)c1)c1ccccc1F. The van der Waals surface area contributed by atoms with Gasteiger partial charge in [0.2, 0.25) is 0 Å². The van der Waals surface area contributed by atoms with Crippen LogP contribution in [-0.4, -0.2) is 0 Å². The Hall–Kier alpha value is -2.42. The van der Waals surface area contributed by atoms with Crippen LogP contribution in [0.15, 0.2) is 75.7 Å². The van der Waals surface area contributed by atoms with Gasteiger partial charge >= 0.3 is 0 Å². The summed E-state index contributed by atoms with van der Waals surface area (Å²) in [5.74, 6) is 0.276. The van der Waals surface area contributed by atoms with Gasteiger partial charge in [-0.15, -0.1) is 0 Å². The molecule has 0 bridgehead atoms. The molecule has 0 aromatic heterocycles. The summed E-state index contributed by atoms with van der Waals surface area (Å²) >= 11 is 6.90. The Morgan fingerprint density at radius 3 is 2.44 bits per heavy atom. The molecule has 0 saturated heterocycles. The molecule has 0 atom stereocenters. The smallest absolute Gasteiger partial charge is 0.134 e. The van der Waals surface area contributed by atoms with E-state index in [9.17, 15) is 9.65 Å². The number of benzene rings is 3. The van der Waals surface area contributed by atoms with Crippen LogP contribution in [0.3, 0.4) is 0 Å². The zero-order valence-corrected chi connectivity index (χ0v) is 17.3. The van der Waals surface area contributed by atoms with Crippen molar-refractivity contribution in [2.24, 2.45) is 0 Å². The standard InChI is InChI=1S/C22H14Br2FNO/c23-18-8-5-15(6-9-18)14-27-22-10-7-16(12-20(22)24)11-17(13-26)19-3-1-2-4-21(19)25/h1-12H,14H2. The minimum atomic E-state index is -0.418. The van der Waals surface area contributed by atoms with Crippen molar-refractivity contribution in [2.75, 3.05) is 0 Å². The first kappa shape index (κ1) is 19.3. The Bertz CT molecular complexity index is 1020. The van der Waals surface area contributed by atoms with Gasteiger partial charge < -0.3 is 4.74 Å². The van der Waals surface area contributed by atoms with Crippen LogP contribution in [0.4, 0.5) is 4.39 Å². The highest BCUT2D eigenvalue weighted by molar-refractivity contribution is 9.10. The average molecular weight is 487 g/mol. The number of nitrogens with zero attached hydrogens (tertiary/aromatic N) is 1. The highest BCUT2D eigenvalue weighted by atomic mass is 79.9. The second-order valence-electron chi connectivity index (χ2n) is 5.75. The van der Waals surface area contributed by atoms with E-state index < -0.39 is 5.82 Å². The molecule has 0 aliphatic heterocycles. The monoisotopic (exact) mass is 485 g/mol. The normalized spacial score (nSPS) is 11.1. The molecule has 0 amide bonds. The van der Waals surface area contributed by atoms with Gasteiger partial charge in [-0.2, -0.15) is 5.26 Å². The van der Waals surface area contributed by atoms with Crippen LogP contribution in [0.25, 0.3) is 11.6 Å². The Morgan fingerprint density at radius 2 is 1.78 bits per heavy atom. The number of nitriles is 1. The lowest BCUT2D eigenvalue weighted by molar-refractivity contribution is 0.304. The maximum Gasteiger partial charge on any atom is 0.134 e. The first-order valence-electron chi connectivity index (χ1n) is 8.10. The molecule has 0 radical (unpaired) electrons. The molecule has 0 heterocycles. The van der Waals surface area contributed by atoms with E-state index in [2.05, 4.69) is 37.9 Å². The highest BCUT2D eigenvalue weighted by Gasteiger charge is 2.08. The molecule has 0 aliphatic rings. The molecule has 3 rings (SSSR count). The van der Waals surface area contributed by atoms with Crippen molar-refractivity contribution in [3.05, 3.63) is 98.2 Å². The molecule has 3 aromatic carbocycles. The molecule has 27 heavy (non-hydrogen) atoms. The van der Waals surface area contributed by atoms with Gasteiger partial charge in [-0.25, -0.2) is 4.39 Å². The summed E-state index contributed by atoms with van der Waals surface area (Å²) in [5.41, 5.74) is 2.38. The van der Waals surface area contributed by atoms with Crippen LogP contribution in [0.2, 0.25) is 0 Å². The largest absolute Gasteiger partial charge is 0.488 e. The molecule has 0 aliphatic carbocycles. The molecule has 134 valence electrons. The number of rotatable bonds is 5. The van der Waals surface area contributed by atoms with E-state index in [-0.39, 0.29) is 11.1 Å². The third-order valence-corrected chi connectivity index (χ3v) is 5.01. The highest BCUT2D eigenvalue weighted by Crippen LogP contribution is 2.29. The van der Waals surface area contributed by atoms with Gasteiger partial charge in [-0.05, 0) is 63.5 Å². The van der Waals surface area contributed by atoms with Crippen LogP contribution >= 0.6 is 31.9 Å². The van der Waals surface area contributed by atoms with Gasteiger partial charge in [0.15, 0.2) is 0 Å². The lowest BCUT2D eigenvalue weighted by Crippen LogP contribution is -1.96. The molecule has 0 saturated carbocycles. The fourth-order valence-corrected chi connectivity index (χ4v) is 3.26. The molecule has 2 nitrogen and oxygen atoms in total. The number of hydrogen-bond acceptors (Lipinski definition) is 2. The minimum Gasteiger partial charge on any atom is -0.488 e. The predicted octanol–water partition coefficient (Wildman–Crippen LogP) is 6.99. The number of allylic oxidation sites excluding steroid dienone is 1. The summed E-state index contributed by atoms with van der Waals surface area (Å²) in [4.78, 5) is 0. The molecular formula is C22H14Br2FNO. The molecule has 0 unspecified atom stereocenters. The van der Waals surface area contributed by atoms with Crippen molar-refractivity contribution in [1.29, 1.82) is 5.26 Å². The van der Waals surface area contributed by atoms with E-state index in [1.54, 1.807) is 24.3 Å².